The van der Waals surface area contributed by atoms with Crippen LogP contribution in [0.25, 0.3) is 0 Å². The van der Waals surface area contributed by atoms with Crippen LogP contribution in [0.3, 0.4) is 0 Å². The molecule has 4 nitrogen and oxygen atoms in total. The number of oxime groups is 1. The van der Waals surface area contributed by atoms with Crippen LogP contribution in [0.2, 0.25) is 0 Å². The Morgan fingerprint density at radius 1 is 1.62 bits per heavy atom. The maximum atomic E-state index is 10.9. The zero-order chi connectivity index (χ0) is 9.68. The first-order chi connectivity index (χ1) is 6.22. The van der Waals surface area contributed by atoms with E-state index >= 15 is 0 Å². The molecule has 0 aliphatic carbocycles. The molecule has 0 aromatic heterocycles. The number of nitrogens with zero attached hydrogens (tertiary/aromatic N) is 1. The van der Waals surface area contributed by atoms with Gasteiger partial charge < -0.3 is 10.5 Å². The molecule has 0 aliphatic rings. The van der Waals surface area contributed by atoms with Gasteiger partial charge in [0.2, 0.25) is 0 Å². The molecule has 1 aromatic carbocycles. The highest BCUT2D eigenvalue weighted by atomic mass is 79.9. The van der Waals surface area contributed by atoms with E-state index < -0.39 is 5.91 Å². The molecule has 0 atom stereocenters. The van der Waals surface area contributed by atoms with E-state index in [0.29, 0.717) is 5.69 Å². The van der Waals surface area contributed by atoms with E-state index in [4.69, 9.17) is 5.21 Å². The third-order valence-corrected chi connectivity index (χ3v) is 1.76. The molecule has 1 aromatic rings. The Balaban J connectivity index is 2.69. The Morgan fingerprint density at radius 2 is 2.38 bits per heavy atom. The van der Waals surface area contributed by atoms with E-state index in [1.165, 1.54) is 0 Å². The molecule has 0 aliphatic heterocycles. The van der Waals surface area contributed by atoms with E-state index in [9.17, 15) is 4.79 Å². The monoisotopic (exact) mass is 242 g/mol. The number of anilines is 1. The Labute approximate surface area is 83.4 Å². The first-order valence-corrected chi connectivity index (χ1v) is 4.25. The normalized spacial score (nSPS) is 10.2. The Hall–Kier alpha value is -1.36. The number of benzene rings is 1. The van der Waals surface area contributed by atoms with Crippen molar-refractivity contribution in [1.29, 1.82) is 0 Å². The van der Waals surface area contributed by atoms with Crippen LogP contribution < -0.4 is 5.32 Å². The third-order valence-electron chi connectivity index (χ3n) is 1.27. The fourth-order valence-corrected chi connectivity index (χ4v) is 1.19. The molecule has 68 valence electrons. The molecule has 5 heteroatoms. The highest BCUT2D eigenvalue weighted by molar-refractivity contribution is 9.10. The number of carbonyl (C=O) groups is 1. The van der Waals surface area contributed by atoms with Gasteiger partial charge >= 0.3 is 0 Å². The number of hydrogen-bond acceptors (Lipinski definition) is 3. The minimum atomic E-state index is -0.472. The van der Waals surface area contributed by atoms with Gasteiger partial charge in [-0.1, -0.05) is 27.2 Å². The zero-order valence-corrected chi connectivity index (χ0v) is 8.15. The molecule has 2 N–H and O–H groups in total. The van der Waals surface area contributed by atoms with Crippen molar-refractivity contribution in [3.8, 4) is 0 Å². The lowest BCUT2D eigenvalue weighted by atomic mass is 10.3. The molecular formula is C8H7BrN2O2. The standard InChI is InChI=1S/C8H7BrN2O2/c9-6-2-1-3-7(4-6)11-8(12)5-10-13/h1-5,13H,(H,11,12)/b10-5+. The van der Waals surface area contributed by atoms with Crippen LogP contribution in [0.1, 0.15) is 0 Å². The molecule has 0 saturated heterocycles. The van der Waals surface area contributed by atoms with Crippen molar-refractivity contribution < 1.29 is 10.0 Å². The number of halogens is 1. The van der Waals surface area contributed by atoms with Crippen LogP contribution in [-0.4, -0.2) is 17.3 Å². The molecule has 0 bridgehead atoms. The van der Waals surface area contributed by atoms with E-state index in [2.05, 4.69) is 26.4 Å². The molecule has 0 saturated carbocycles. The summed E-state index contributed by atoms with van der Waals surface area (Å²) in [4.78, 5) is 10.9. The predicted molar refractivity (Wildman–Crippen MR) is 53.1 cm³/mol. The Morgan fingerprint density at radius 3 is 3.00 bits per heavy atom. The van der Waals surface area contributed by atoms with Gasteiger partial charge in [0.1, 0.15) is 6.21 Å². The quantitative estimate of drug-likeness (QED) is 0.473. The molecule has 0 unspecified atom stereocenters. The van der Waals surface area contributed by atoms with Crippen LogP contribution in [0.15, 0.2) is 33.9 Å². The van der Waals surface area contributed by atoms with Gasteiger partial charge in [0.25, 0.3) is 5.91 Å². The Bertz CT molecular complexity index is 339. The molecule has 0 fully saturated rings. The maximum Gasteiger partial charge on any atom is 0.270 e. The average molecular weight is 243 g/mol. The zero-order valence-electron chi connectivity index (χ0n) is 6.57. The summed E-state index contributed by atoms with van der Waals surface area (Å²) in [6, 6.07) is 7.10. The summed E-state index contributed by atoms with van der Waals surface area (Å²) < 4.78 is 0.867. The first-order valence-electron chi connectivity index (χ1n) is 3.46. The van der Waals surface area contributed by atoms with E-state index in [-0.39, 0.29) is 0 Å². The van der Waals surface area contributed by atoms with Crippen molar-refractivity contribution in [3.63, 3.8) is 0 Å². The van der Waals surface area contributed by atoms with Gasteiger partial charge in [0.15, 0.2) is 0 Å². The molecule has 0 heterocycles. The highest BCUT2D eigenvalue weighted by Gasteiger charge is 1.97. The lowest BCUT2D eigenvalue weighted by Crippen LogP contribution is -2.12. The predicted octanol–water partition coefficient (Wildman–Crippen LogP) is 1.85. The van der Waals surface area contributed by atoms with Crippen LogP contribution >= 0.6 is 15.9 Å². The van der Waals surface area contributed by atoms with Crippen molar-refractivity contribution in [2.24, 2.45) is 5.16 Å². The van der Waals surface area contributed by atoms with E-state index in [1.54, 1.807) is 18.2 Å². The van der Waals surface area contributed by atoms with E-state index in [0.717, 1.165) is 10.7 Å². The van der Waals surface area contributed by atoms with Crippen molar-refractivity contribution in [2.45, 2.75) is 0 Å². The van der Waals surface area contributed by atoms with Crippen LogP contribution in [0.4, 0.5) is 5.69 Å². The molecular weight excluding hydrogens is 236 g/mol. The third kappa shape index (κ3) is 3.25. The molecule has 1 rings (SSSR count). The van der Waals surface area contributed by atoms with Gasteiger partial charge in [-0.05, 0) is 18.2 Å². The number of rotatable bonds is 2. The topological polar surface area (TPSA) is 61.7 Å². The second-order valence-corrected chi connectivity index (χ2v) is 3.16. The van der Waals surface area contributed by atoms with E-state index in [1.807, 2.05) is 6.07 Å². The molecule has 0 radical (unpaired) electrons. The van der Waals surface area contributed by atoms with Gasteiger partial charge in [0, 0.05) is 10.2 Å². The summed E-state index contributed by atoms with van der Waals surface area (Å²) in [5, 5.41) is 13.2. The van der Waals surface area contributed by atoms with Gasteiger partial charge in [-0.3, -0.25) is 4.79 Å². The van der Waals surface area contributed by atoms with Crippen LogP contribution in [0, 0.1) is 0 Å². The second kappa shape index (κ2) is 4.61. The number of amides is 1. The van der Waals surface area contributed by atoms with Crippen molar-refractivity contribution in [2.75, 3.05) is 5.32 Å². The fraction of sp³-hybridized carbons (Fsp3) is 0. The van der Waals surface area contributed by atoms with Crippen molar-refractivity contribution >= 4 is 33.7 Å². The summed E-state index contributed by atoms with van der Waals surface area (Å²) in [7, 11) is 0. The second-order valence-electron chi connectivity index (χ2n) is 2.24. The van der Waals surface area contributed by atoms with Crippen LogP contribution in [0.5, 0.6) is 0 Å². The number of nitrogens with one attached hydrogen (secondary N) is 1. The number of hydrogen-bond donors (Lipinski definition) is 2. The Kier molecular flexibility index (Phi) is 3.45. The molecule has 13 heavy (non-hydrogen) atoms. The fourth-order valence-electron chi connectivity index (χ4n) is 0.793. The average Bonchev–Trinajstić information content (AvgIpc) is 2.04. The van der Waals surface area contributed by atoms with Gasteiger partial charge in [0.05, 0.1) is 0 Å². The van der Waals surface area contributed by atoms with Crippen molar-refractivity contribution in [1.82, 2.24) is 0 Å². The summed E-state index contributed by atoms with van der Waals surface area (Å²) in [5.41, 5.74) is 0.638. The molecule has 1 amide bonds. The smallest absolute Gasteiger partial charge is 0.270 e. The van der Waals surface area contributed by atoms with Gasteiger partial charge in [-0.15, -0.1) is 0 Å². The summed E-state index contributed by atoms with van der Waals surface area (Å²) in [6.07, 6.45) is 0.793. The summed E-state index contributed by atoms with van der Waals surface area (Å²) in [5.74, 6) is -0.472. The lowest BCUT2D eigenvalue weighted by molar-refractivity contribution is -0.110. The first kappa shape index (κ1) is 9.73. The SMILES string of the molecule is O=C(/C=N/O)Nc1cccc(Br)c1. The minimum absolute atomic E-state index is 0.472. The summed E-state index contributed by atoms with van der Waals surface area (Å²) >= 11 is 3.26. The summed E-state index contributed by atoms with van der Waals surface area (Å²) in [6.45, 7) is 0. The molecule has 0 spiro atoms. The van der Waals surface area contributed by atoms with Crippen molar-refractivity contribution in [3.05, 3.63) is 28.7 Å². The minimum Gasteiger partial charge on any atom is -0.411 e. The largest absolute Gasteiger partial charge is 0.411 e. The highest BCUT2D eigenvalue weighted by Crippen LogP contribution is 2.15. The van der Waals surface area contributed by atoms with Gasteiger partial charge in [-0.2, -0.15) is 0 Å². The maximum absolute atomic E-state index is 10.9. The van der Waals surface area contributed by atoms with Crippen LogP contribution in [-0.2, 0) is 4.79 Å². The lowest BCUT2D eigenvalue weighted by Gasteiger charge is -2.00. The van der Waals surface area contributed by atoms with Gasteiger partial charge in [-0.25, -0.2) is 0 Å². The number of carbonyl (C=O) groups excluding carboxylic acids is 1.